The SMILES string of the molecule is COCOc1ccccc1-c1cc(N2CCN(Cc3ccc(OCCCN(c4cc(-c5scnc5C)ccc4CNC(=O)OC(C)(C)C)C(C)C)cc3)CC2)c(N)nn1. The number of alkyl carbamates (subject to hydrolysis) is 1. The number of nitrogens with two attached hydrogens (primary N) is 1. The molecule has 14 heteroatoms. The number of hydrogen-bond donors (Lipinski definition) is 2. The minimum absolute atomic E-state index is 0.146. The second-order valence-electron chi connectivity index (χ2n) is 15.9. The molecule has 0 bridgehead atoms. The molecule has 1 saturated heterocycles. The summed E-state index contributed by atoms with van der Waals surface area (Å²) in [7, 11) is 1.59. The molecule has 59 heavy (non-hydrogen) atoms. The fraction of sp³-hybridized carbons (Fsp3) is 0.422. The Balaban J connectivity index is 1.01. The lowest BCUT2D eigenvalue weighted by Crippen LogP contribution is -2.46. The molecule has 0 spiro atoms. The van der Waals surface area contributed by atoms with Crippen molar-refractivity contribution >= 4 is 34.6 Å². The van der Waals surface area contributed by atoms with Crippen molar-refractivity contribution in [2.24, 2.45) is 0 Å². The summed E-state index contributed by atoms with van der Waals surface area (Å²) in [6.45, 7) is 18.1. The zero-order valence-corrected chi connectivity index (χ0v) is 36.2. The molecule has 0 unspecified atom stereocenters. The monoisotopic (exact) mass is 822 g/mol. The zero-order valence-electron chi connectivity index (χ0n) is 35.4. The number of nitrogen functional groups attached to an aromatic ring is 1. The molecule has 1 amide bonds. The van der Waals surface area contributed by atoms with Gasteiger partial charge >= 0.3 is 6.09 Å². The van der Waals surface area contributed by atoms with Gasteiger partial charge in [0.25, 0.3) is 0 Å². The third-order valence-electron chi connectivity index (χ3n) is 10.00. The fourth-order valence-electron chi connectivity index (χ4n) is 7.06. The van der Waals surface area contributed by atoms with Gasteiger partial charge in [-0.15, -0.1) is 21.5 Å². The Morgan fingerprint density at radius 1 is 0.983 bits per heavy atom. The van der Waals surface area contributed by atoms with Crippen LogP contribution in [0, 0.1) is 6.92 Å². The molecule has 314 valence electrons. The second-order valence-corrected chi connectivity index (χ2v) is 16.8. The first kappa shape index (κ1) is 43.1. The number of anilines is 3. The molecule has 3 N–H and O–H groups in total. The molecule has 5 aromatic rings. The highest BCUT2D eigenvalue weighted by Gasteiger charge is 2.23. The number of piperazine rings is 1. The van der Waals surface area contributed by atoms with Crippen molar-refractivity contribution in [3.63, 3.8) is 0 Å². The average molecular weight is 823 g/mol. The van der Waals surface area contributed by atoms with Crippen molar-refractivity contribution in [1.29, 1.82) is 0 Å². The maximum atomic E-state index is 12.6. The molecule has 1 aliphatic rings. The predicted molar refractivity (Wildman–Crippen MR) is 236 cm³/mol. The van der Waals surface area contributed by atoms with Crippen LogP contribution in [0.15, 0.2) is 78.3 Å². The van der Waals surface area contributed by atoms with Crippen molar-refractivity contribution in [3.05, 3.63) is 95.1 Å². The minimum atomic E-state index is -0.571. The lowest BCUT2D eigenvalue weighted by atomic mass is 10.0. The Kier molecular flexibility index (Phi) is 14.6. The van der Waals surface area contributed by atoms with Crippen LogP contribution in [-0.4, -0.2) is 91.1 Å². The number of carbonyl (C=O) groups is 1. The smallest absolute Gasteiger partial charge is 0.407 e. The highest BCUT2D eigenvalue weighted by molar-refractivity contribution is 7.13. The zero-order chi connectivity index (χ0) is 41.9. The molecule has 0 atom stereocenters. The number of rotatable bonds is 17. The number of amides is 1. The number of aromatic nitrogens is 3. The third kappa shape index (κ3) is 11.8. The third-order valence-corrected chi connectivity index (χ3v) is 11.0. The number of carbonyl (C=O) groups excluding carboxylic acids is 1. The second kappa shape index (κ2) is 20.0. The topological polar surface area (TPSA) is 140 Å². The van der Waals surface area contributed by atoms with Gasteiger partial charge in [0.15, 0.2) is 12.6 Å². The van der Waals surface area contributed by atoms with E-state index in [0.717, 1.165) is 90.1 Å². The van der Waals surface area contributed by atoms with Gasteiger partial charge in [-0.3, -0.25) is 4.90 Å². The van der Waals surface area contributed by atoms with E-state index in [1.165, 1.54) is 5.56 Å². The van der Waals surface area contributed by atoms with E-state index in [4.69, 9.17) is 24.7 Å². The van der Waals surface area contributed by atoms with E-state index in [2.05, 4.69) is 91.5 Å². The first-order chi connectivity index (χ1) is 28.4. The molecule has 0 radical (unpaired) electrons. The van der Waals surface area contributed by atoms with Crippen molar-refractivity contribution < 1.29 is 23.7 Å². The van der Waals surface area contributed by atoms with Gasteiger partial charge in [-0.05, 0) is 101 Å². The summed E-state index contributed by atoms with van der Waals surface area (Å²) in [5.74, 6) is 1.95. The summed E-state index contributed by atoms with van der Waals surface area (Å²) in [4.78, 5) is 25.3. The number of nitrogens with one attached hydrogen (secondary N) is 1. The Labute approximate surface area is 352 Å². The lowest BCUT2D eigenvalue weighted by Gasteiger charge is -2.36. The van der Waals surface area contributed by atoms with Crippen molar-refractivity contribution in [1.82, 2.24) is 25.4 Å². The van der Waals surface area contributed by atoms with Crippen molar-refractivity contribution in [3.8, 4) is 33.2 Å². The molecule has 3 heterocycles. The number of para-hydroxylation sites is 1. The van der Waals surface area contributed by atoms with Crippen LogP contribution in [-0.2, 0) is 22.6 Å². The van der Waals surface area contributed by atoms with Crippen LogP contribution < -0.4 is 30.3 Å². The molecule has 1 aliphatic heterocycles. The minimum Gasteiger partial charge on any atom is -0.494 e. The highest BCUT2D eigenvalue weighted by Crippen LogP contribution is 2.35. The summed E-state index contributed by atoms with van der Waals surface area (Å²) in [5.41, 5.74) is 15.5. The Morgan fingerprint density at radius 2 is 1.75 bits per heavy atom. The molecule has 6 rings (SSSR count). The number of aryl methyl sites for hydroxylation is 1. The summed E-state index contributed by atoms with van der Waals surface area (Å²) in [6, 6.07) is 24.8. The maximum Gasteiger partial charge on any atom is 0.407 e. The molecular formula is C45H58N8O5S. The van der Waals surface area contributed by atoms with E-state index in [9.17, 15) is 4.79 Å². The average Bonchev–Trinajstić information content (AvgIpc) is 3.65. The Morgan fingerprint density at radius 3 is 2.44 bits per heavy atom. The first-order valence-corrected chi connectivity index (χ1v) is 21.1. The van der Waals surface area contributed by atoms with Crippen LogP contribution in [0.25, 0.3) is 21.7 Å². The van der Waals surface area contributed by atoms with Crippen LogP contribution in [0.5, 0.6) is 11.5 Å². The maximum absolute atomic E-state index is 12.6. The Hall–Kier alpha value is -5.44. The lowest BCUT2D eigenvalue weighted by molar-refractivity contribution is 0.0513. The first-order valence-electron chi connectivity index (χ1n) is 20.2. The number of thiazole rings is 1. The van der Waals surface area contributed by atoms with Crippen LogP contribution in [0.1, 0.15) is 57.9 Å². The highest BCUT2D eigenvalue weighted by atomic mass is 32.1. The number of hydrogen-bond acceptors (Lipinski definition) is 13. The molecule has 2 aromatic heterocycles. The summed E-state index contributed by atoms with van der Waals surface area (Å²) < 4.78 is 22.6. The largest absolute Gasteiger partial charge is 0.494 e. The van der Waals surface area contributed by atoms with E-state index in [1.54, 1.807) is 18.4 Å². The van der Waals surface area contributed by atoms with Gasteiger partial charge in [0.2, 0.25) is 0 Å². The van der Waals surface area contributed by atoms with Gasteiger partial charge in [-0.1, -0.05) is 36.4 Å². The van der Waals surface area contributed by atoms with Crippen LogP contribution in [0.4, 0.5) is 22.0 Å². The molecule has 1 fully saturated rings. The molecular weight excluding hydrogens is 765 g/mol. The number of benzene rings is 3. The van der Waals surface area contributed by atoms with Gasteiger partial charge in [0, 0.05) is 70.2 Å². The molecule has 0 saturated carbocycles. The van der Waals surface area contributed by atoms with E-state index in [-0.39, 0.29) is 12.8 Å². The van der Waals surface area contributed by atoms with E-state index >= 15 is 0 Å². The van der Waals surface area contributed by atoms with Crippen LogP contribution in [0.3, 0.4) is 0 Å². The standard InChI is InChI=1S/C45H58N8O5S/c1-31(2)53(39-25-34(42-32(3)48-29-59-42)15-16-35(39)27-47-44(54)58-45(4,5)6)19-10-24-56-36-17-13-33(14-18-36)28-51-20-22-52(23-21-51)40-26-38(49-50-43(40)46)37-11-8-9-12-41(37)57-30-55-7/h8-9,11-18,25-26,29,31H,10,19-24,27-28,30H2,1-7H3,(H2,46,50)(H,47,54). The quantitative estimate of drug-likeness (QED) is 0.0691. The van der Waals surface area contributed by atoms with Gasteiger partial charge in [0.05, 0.1) is 34.1 Å². The Bertz CT molecular complexity index is 2130. The number of ether oxygens (including phenoxy) is 4. The van der Waals surface area contributed by atoms with E-state index in [0.29, 0.717) is 30.4 Å². The molecule has 13 nitrogen and oxygen atoms in total. The van der Waals surface area contributed by atoms with E-state index in [1.807, 2.05) is 63.5 Å². The predicted octanol–water partition coefficient (Wildman–Crippen LogP) is 8.17. The van der Waals surface area contributed by atoms with Crippen molar-refractivity contribution in [2.75, 3.05) is 68.8 Å². The molecule has 3 aromatic carbocycles. The summed E-state index contributed by atoms with van der Waals surface area (Å²) in [6.07, 6.45) is 0.385. The normalized spacial score (nSPS) is 13.4. The van der Waals surface area contributed by atoms with Crippen LogP contribution >= 0.6 is 11.3 Å². The van der Waals surface area contributed by atoms with Gasteiger partial charge in [0.1, 0.15) is 17.1 Å². The fourth-order valence-corrected chi connectivity index (χ4v) is 7.87. The summed E-state index contributed by atoms with van der Waals surface area (Å²) >= 11 is 1.63. The van der Waals surface area contributed by atoms with Gasteiger partial charge < -0.3 is 39.8 Å². The van der Waals surface area contributed by atoms with Crippen LogP contribution in [0.2, 0.25) is 0 Å². The van der Waals surface area contributed by atoms with Gasteiger partial charge in [-0.2, -0.15) is 0 Å². The summed E-state index contributed by atoms with van der Waals surface area (Å²) in [5, 5.41) is 11.6. The number of nitrogens with zero attached hydrogens (tertiary/aromatic N) is 6. The van der Waals surface area contributed by atoms with E-state index < -0.39 is 11.7 Å². The van der Waals surface area contributed by atoms with Crippen molar-refractivity contribution in [2.45, 2.75) is 72.7 Å². The van der Waals surface area contributed by atoms with Gasteiger partial charge in [-0.25, -0.2) is 9.78 Å². The molecule has 0 aliphatic carbocycles. The number of methoxy groups -OCH3 is 1.